The normalized spacial score (nSPS) is 17.8. The van der Waals surface area contributed by atoms with Gasteiger partial charge < -0.3 is 10.1 Å². The molecule has 0 amide bonds. The molecule has 100 valence electrons. The molecular formula is C16H25NO. The number of rotatable bonds is 6. The molecule has 1 aliphatic carbocycles. The summed E-state index contributed by atoms with van der Waals surface area (Å²) in [6.07, 6.45) is 4.44. The average molecular weight is 247 g/mol. The van der Waals surface area contributed by atoms with Gasteiger partial charge in [0.2, 0.25) is 0 Å². The lowest BCUT2D eigenvalue weighted by Crippen LogP contribution is -2.33. The summed E-state index contributed by atoms with van der Waals surface area (Å²) in [6, 6.07) is 9.23. The first kappa shape index (κ1) is 13.6. The van der Waals surface area contributed by atoms with E-state index in [1.165, 1.54) is 30.4 Å². The third kappa shape index (κ3) is 3.82. The lowest BCUT2D eigenvalue weighted by molar-refractivity contribution is -0.0525. The van der Waals surface area contributed by atoms with Crippen molar-refractivity contribution >= 4 is 0 Å². The van der Waals surface area contributed by atoms with E-state index in [9.17, 15) is 0 Å². The molecule has 1 unspecified atom stereocenters. The number of aryl methyl sites for hydroxylation is 1. The third-order valence-electron chi connectivity index (χ3n) is 3.57. The summed E-state index contributed by atoms with van der Waals surface area (Å²) in [5, 5.41) is 3.49. The predicted octanol–water partition coefficient (Wildman–Crippen LogP) is 3.60. The Labute approximate surface area is 111 Å². The molecule has 1 N–H and O–H groups in total. The van der Waals surface area contributed by atoms with Crippen LogP contribution in [0.2, 0.25) is 0 Å². The standard InChI is InChI=1S/C16H25NO/c1-12(2)17-11-16(18-15-5-4-6-15)14-9-7-13(3)8-10-14/h7-10,12,15-17H,4-6,11H2,1-3H3. The van der Waals surface area contributed by atoms with Gasteiger partial charge >= 0.3 is 0 Å². The molecule has 1 saturated carbocycles. The second-order valence-corrected chi connectivity index (χ2v) is 5.65. The van der Waals surface area contributed by atoms with Crippen molar-refractivity contribution in [2.45, 2.75) is 58.3 Å². The summed E-state index contributed by atoms with van der Waals surface area (Å²) in [7, 11) is 0. The zero-order chi connectivity index (χ0) is 13.0. The highest BCUT2D eigenvalue weighted by atomic mass is 16.5. The quantitative estimate of drug-likeness (QED) is 0.829. The lowest BCUT2D eigenvalue weighted by atomic mass is 9.95. The van der Waals surface area contributed by atoms with Crippen molar-refractivity contribution < 1.29 is 4.74 Å². The summed E-state index contributed by atoms with van der Waals surface area (Å²) < 4.78 is 6.20. The van der Waals surface area contributed by atoms with Crippen LogP contribution in [0, 0.1) is 6.92 Å². The summed E-state index contributed by atoms with van der Waals surface area (Å²) in [5.41, 5.74) is 2.60. The maximum Gasteiger partial charge on any atom is 0.0953 e. The fourth-order valence-electron chi connectivity index (χ4n) is 2.11. The Balaban J connectivity index is 1.99. The second-order valence-electron chi connectivity index (χ2n) is 5.65. The minimum absolute atomic E-state index is 0.193. The van der Waals surface area contributed by atoms with Crippen LogP contribution in [0.1, 0.15) is 50.3 Å². The van der Waals surface area contributed by atoms with Crippen molar-refractivity contribution in [3.8, 4) is 0 Å². The first-order valence-electron chi connectivity index (χ1n) is 7.10. The highest BCUT2D eigenvalue weighted by molar-refractivity contribution is 5.23. The smallest absolute Gasteiger partial charge is 0.0953 e. The molecule has 1 aromatic rings. The van der Waals surface area contributed by atoms with E-state index in [1.807, 2.05) is 0 Å². The second kappa shape index (κ2) is 6.35. The van der Waals surface area contributed by atoms with Crippen molar-refractivity contribution in [1.29, 1.82) is 0 Å². The maximum atomic E-state index is 6.20. The minimum atomic E-state index is 0.193. The van der Waals surface area contributed by atoms with Gasteiger partial charge in [-0.25, -0.2) is 0 Å². The van der Waals surface area contributed by atoms with Gasteiger partial charge in [-0.1, -0.05) is 43.7 Å². The van der Waals surface area contributed by atoms with E-state index in [4.69, 9.17) is 4.74 Å². The van der Waals surface area contributed by atoms with Crippen LogP contribution in [0.15, 0.2) is 24.3 Å². The highest BCUT2D eigenvalue weighted by Crippen LogP contribution is 2.28. The van der Waals surface area contributed by atoms with E-state index < -0.39 is 0 Å². The molecule has 0 heterocycles. The molecule has 0 saturated heterocycles. The summed E-state index contributed by atoms with van der Waals surface area (Å²) in [4.78, 5) is 0. The molecular weight excluding hydrogens is 222 g/mol. The Bertz CT molecular complexity index is 354. The Morgan fingerprint density at radius 1 is 1.22 bits per heavy atom. The minimum Gasteiger partial charge on any atom is -0.369 e. The molecule has 0 radical (unpaired) electrons. The zero-order valence-electron chi connectivity index (χ0n) is 11.8. The van der Waals surface area contributed by atoms with Gasteiger partial charge in [0.15, 0.2) is 0 Å². The van der Waals surface area contributed by atoms with Crippen LogP contribution in [0.5, 0.6) is 0 Å². The van der Waals surface area contributed by atoms with Gasteiger partial charge in [-0.2, -0.15) is 0 Å². The van der Waals surface area contributed by atoms with Crippen LogP contribution in [0.3, 0.4) is 0 Å². The van der Waals surface area contributed by atoms with Crippen molar-refractivity contribution in [3.05, 3.63) is 35.4 Å². The lowest BCUT2D eigenvalue weighted by Gasteiger charge is -2.31. The molecule has 18 heavy (non-hydrogen) atoms. The monoisotopic (exact) mass is 247 g/mol. The molecule has 2 heteroatoms. The molecule has 2 rings (SSSR count). The van der Waals surface area contributed by atoms with Crippen LogP contribution >= 0.6 is 0 Å². The molecule has 0 spiro atoms. The molecule has 0 aromatic heterocycles. The van der Waals surface area contributed by atoms with Crippen molar-refractivity contribution in [2.24, 2.45) is 0 Å². The zero-order valence-corrected chi connectivity index (χ0v) is 11.8. The van der Waals surface area contributed by atoms with Crippen LogP contribution in [-0.2, 0) is 4.74 Å². The van der Waals surface area contributed by atoms with Crippen molar-refractivity contribution in [3.63, 3.8) is 0 Å². The molecule has 2 nitrogen and oxygen atoms in total. The third-order valence-corrected chi connectivity index (χ3v) is 3.57. The van der Waals surface area contributed by atoms with Gasteiger partial charge in [-0.05, 0) is 31.7 Å². The Kier molecular flexibility index (Phi) is 4.79. The van der Waals surface area contributed by atoms with Crippen molar-refractivity contribution in [2.75, 3.05) is 6.54 Å². The van der Waals surface area contributed by atoms with Gasteiger partial charge in [0, 0.05) is 12.6 Å². The van der Waals surface area contributed by atoms with Crippen molar-refractivity contribution in [1.82, 2.24) is 5.32 Å². The molecule has 1 fully saturated rings. The maximum absolute atomic E-state index is 6.20. The summed E-state index contributed by atoms with van der Waals surface area (Å²) >= 11 is 0. The highest BCUT2D eigenvalue weighted by Gasteiger charge is 2.23. The van der Waals surface area contributed by atoms with E-state index in [-0.39, 0.29) is 6.10 Å². The van der Waals surface area contributed by atoms with E-state index >= 15 is 0 Å². The fourth-order valence-corrected chi connectivity index (χ4v) is 2.11. The Morgan fingerprint density at radius 3 is 2.39 bits per heavy atom. The summed E-state index contributed by atoms with van der Waals surface area (Å²) in [6.45, 7) is 7.38. The number of hydrogen-bond donors (Lipinski definition) is 1. The Morgan fingerprint density at radius 2 is 1.89 bits per heavy atom. The number of hydrogen-bond acceptors (Lipinski definition) is 2. The van der Waals surface area contributed by atoms with Crippen LogP contribution in [-0.4, -0.2) is 18.7 Å². The largest absolute Gasteiger partial charge is 0.369 e. The summed E-state index contributed by atoms with van der Waals surface area (Å²) in [5.74, 6) is 0. The van der Waals surface area contributed by atoms with Gasteiger partial charge in [0.1, 0.15) is 0 Å². The van der Waals surface area contributed by atoms with Gasteiger partial charge in [-0.3, -0.25) is 0 Å². The van der Waals surface area contributed by atoms with Gasteiger partial charge in [0.05, 0.1) is 12.2 Å². The number of nitrogens with one attached hydrogen (secondary N) is 1. The predicted molar refractivity (Wildman–Crippen MR) is 75.8 cm³/mol. The number of ether oxygens (including phenoxy) is 1. The van der Waals surface area contributed by atoms with E-state index in [1.54, 1.807) is 0 Å². The van der Waals surface area contributed by atoms with Crippen LogP contribution in [0.25, 0.3) is 0 Å². The number of benzene rings is 1. The first-order valence-corrected chi connectivity index (χ1v) is 7.10. The van der Waals surface area contributed by atoms with E-state index in [2.05, 4.69) is 50.4 Å². The van der Waals surface area contributed by atoms with Crippen LogP contribution < -0.4 is 5.32 Å². The van der Waals surface area contributed by atoms with Crippen LogP contribution in [0.4, 0.5) is 0 Å². The van der Waals surface area contributed by atoms with E-state index in [0.717, 1.165) is 6.54 Å². The van der Waals surface area contributed by atoms with E-state index in [0.29, 0.717) is 12.1 Å². The molecule has 1 atom stereocenters. The fraction of sp³-hybridized carbons (Fsp3) is 0.625. The van der Waals surface area contributed by atoms with Gasteiger partial charge in [-0.15, -0.1) is 0 Å². The SMILES string of the molecule is Cc1ccc(C(CNC(C)C)OC2CCC2)cc1. The molecule has 0 bridgehead atoms. The molecule has 1 aliphatic rings. The average Bonchev–Trinajstić information content (AvgIpc) is 2.28. The topological polar surface area (TPSA) is 21.3 Å². The first-order chi connectivity index (χ1) is 8.65. The Hall–Kier alpha value is -0.860. The molecule has 1 aromatic carbocycles. The van der Waals surface area contributed by atoms with Gasteiger partial charge in [0.25, 0.3) is 0 Å². The molecule has 0 aliphatic heterocycles.